The van der Waals surface area contributed by atoms with Gasteiger partial charge in [0.2, 0.25) is 0 Å². The van der Waals surface area contributed by atoms with E-state index in [1.807, 2.05) is 0 Å². The van der Waals surface area contributed by atoms with E-state index in [1.165, 1.54) is 10.6 Å². The maximum Gasteiger partial charge on any atom is 0.317 e. The van der Waals surface area contributed by atoms with Crippen LogP contribution in [0, 0.1) is 0 Å². The Labute approximate surface area is 144 Å². The van der Waals surface area contributed by atoms with Gasteiger partial charge in [0.05, 0.1) is 6.04 Å². The fourth-order valence-electron chi connectivity index (χ4n) is 3.57. The summed E-state index contributed by atoms with van der Waals surface area (Å²) in [6, 6.07) is 5.16. The van der Waals surface area contributed by atoms with Gasteiger partial charge in [-0.15, -0.1) is 0 Å². The van der Waals surface area contributed by atoms with Crippen LogP contribution in [-0.4, -0.2) is 63.3 Å². The van der Waals surface area contributed by atoms with Gasteiger partial charge in [-0.25, -0.2) is 9.78 Å². The zero-order chi connectivity index (χ0) is 17.4. The molecule has 0 radical (unpaired) electrons. The number of piperidine rings is 1. The molecule has 0 saturated carbocycles. The number of hydrogen-bond acceptors (Lipinski definition) is 4. The molecular weight excluding hydrogens is 322 g/mol. The number of likely N-dealkylation sites (tertiary alicyclic amines) is 1. The molecular formula is C17H19N5O3. The summed E-state index contributed by atoms with van der Waals surface area (Å²) in [7, 11) is 0. The summed E-state index contributed by atoms with van der Waals surface area (Å²) in [4.78, 5) is 45.0. The molecule has 0 spiro atoms. The van der Waals surface area contributed by atoms with Crippen molar-refractivity contribution in [2.45, 2.75) is 18.9 Å². The molecule has 0 aliphatic carbocycles. The van der Waals surface area contributed by atoms with Gasteiger partial charge in [-0.1, -0.05) is 6.07 Å². The largest absolute Gasteiger partial charge is 0.336 e. The van der Waals surface area contributed by atoms with Crippen LogP contribution in [0.3, 0.4) is 0 Å². The predicted octanol–water partition coefficient (Wildman–Crippen LogP) is 0.324. The number of carbonyl (C=O) groups excluding carboxylic acids is 2. The second-order valence-corrected chi connectivity index (χ2v) is 6.38. The van der Waals surface area contributed by atoms with Gasteiger partial charge in [-0.3, -0.25) is 14.0 Å². The summed E-state index contributed by atoms with van der Waals surface area (Å²) in [5, 5.41) is 2.79. The Morgan fingerprint density at radius 3 is 2.92 bits per heavy atom. The summed E-state index contributed by atoms with van der Waals surface area (Å²) >= 11 is 0. The predicted molar refractivity (Wildman–Crippen MR) is 90.5 cm³/mol. The van der Waals surface area contributed by atoms with Crippen molar-refractivity contribution in [3.05, 3.63) is 46.5 Å². The number of hydrogen-bond donors (Lipinski definition) is 1. The quantitative estimate of drug-likeness (QED) is 0.852. The monoisotopic (exact) mass is 341 g/mol. The molecule has 0 aromatic carbocycles. The lowest BCUT2D eigenvalue weighted by atomic mass is 10.0. The Morgan fingerprint density at radius 1 is 1.24 bits per heavy atom. The molecule has 3 amide bonds. The third-order valence-corrected chi connectivity index (χ3v) is 4.86. The van der Waals surface area contributed by atoms with Crippen molar-refractivity contribution in [1.29, 1.82) is 0 Å². The smallest absolute Gasteiger partial charge is 0.317 e. The van der Waals surface area contributed by atoms with Gasteiger partial charge >= 0.3 is 6.03 Å². The Bertz CT molecular complexity index is 893. The van der Waals surface area contributed by atoms with E-state index in [1.54, 1.807) is 34.2 Å². The lowest BCUT2D eigenvalue weighted by Crippen LogP contribution is -2.51. The lowest BCUT2D eigenvalue weighted by molar-refractivity contribution is 0.0632. The number of urea groups is 1. The van der Waals surface area contributed by atoms with Crippen molar-refractivity contribution >= 4 is 17.6 Å². The van der Waals surface area contributed by atoms with Crippen molar-refractivity contribution < 1.29 is 9.59 Å². The number of nitrogens with one attached hydrogen (secondary N) is 1. The molecule has 4 rings (SSSR count). The summed E-state index contributed by atoms with van der Waals surface area (Å²) < 4.78 is 1.38. The van der Waals surface area contributed by atoms with Crippen LogP contribution >= 0.6 is 0 Å². The first kappa shape index (κ1) is 15.6. The SMILES string of the molecule is O=C(c1cnc2ccccn2c1=O)N1CCCC(N2CCNC2=O)C1. The number of rotatable bonds is 2. The molecule has 2 fully saturated rings. The van der Waals surface area contributed by atoms with Gasteiger partial charge in [-0.2, -0.15) is 0 Å². The molecule has 2 aliphatic rings. The maximum atomic E-state index is 12.9. The van der Waals surface area contributed by atoms with Crippen molar-refractivity contribution in [3.8, 4) is 0 Å². The van der Waals surface area contributed by atoms with E-state index in [9.17, 15) is 14.4 Å². The minimum Gasteiger partial charge on any atom is -0.336 e. The fourth-order valence-corrected chi connectivity index (χ4v) is 3.57. The van der Waals surface area contributed by atoms with E-state index in [0.717, 1.165) is 12.8 Å². The van der Waals surface area contributed by atoms with Crippen LogP contribution in [0.15, 0.2) is 35.4 Å². The lowest BCUT2D eigenvalue weighted by Gasteiger charge is -2.36. The molecule has 8 heteroatoms. The number of carbonyl (C=O) groups is 2. The van der Waals surface area contributed by atoms with Crippen LogP contribution < -0.4 is 10.9 Å². The molecule has 2 aliphatic heterocycles. The van der Waals surface area contributed by atoms with Crippen LogP contribution in [-0.2, 0) is 0 Å². The molecule has 1 atom stereocenters. The average Bonchev–Trinajstić information content (AvgIpc) is 3.08. The second kappa shape index (κ2) is 6.19. The second-order valence-electron chi connectivity index (χ2n) is 6.38. The number of fused-ring (bicyclic) bond motifs is 1. The molecule has 2 aromatic heterocycles. The van der Waals surface area contributed by atoms with Gasteiger partial charge < -0.3 is 15.1 Å². The first-order valence-corrected chi connectivity index (χ1v) is 8.45. The van der Waals surface area contributed by atoms with Crippen molar-refractivity contribution in [2.24, 2.45) is 0 Å². The van der Waals surface area contributed by atoms with Crippen LogP contribution in [0.4, 0.5) is 4.79 Å². The van der Waals surface area contributed by atoms with Crippen LogP contribution in [0.5, 0.6) is 0 Å². The molecule has 8 nitrogen and oxygen atoms in total. The van der Waals surface area contributed by atoms with Crippen molar-refractivity contribution in [2.75, 3.05) is 26.2 Å². The van der Waals surface area contributed by atoms with E-state index < -0.39 is 0 Å². The van der Waals surface area contributed by atoms with Crippen LogP contribution in [0.25, 0.3) is 5.65 Å². The van der Waals surface area contributed by atoms with Crippen LogP contribution in [0.1, 0.15) is 23.2 Å². The van der Waals surface area contributed by atoms with Crippen molar-refractivity contribution in [3.63, 3.8) is 0 Å². The molecule has 25 heavy (non-hydrogen) atoms. The van der Waals surface area contributed by atoms with Gasteiger partial charge in [-0.05, 0) is 25.0 Å². The first-order valence-electron chi connectivity index (χ1n) is 8.45. The minimum atomic E-state index is -0.364. The topological polar surface area (TPSA) is 87.0 Å². The van der Waals surface area contributed by atoms with Crippen LogP contribution in [0.2, 0.25) is 0 Å². The standard InChI is InChI=1S/C17H19N5O3/c23-15(13-10-19-14-5-1-2-8-22(14)16(13)24)20-7-3-4-12(11-20)21-9-6-18-17(21)25/h1-2,5,8,10,12H,3-4,6-7,9,11H2,(H,18,25). The first-order chi connectivity index (χ1) is 12.1. The van der Waals surface area contributed by atoms with Gasteiger partial charge in [0.15, 0.2) is 0 Å². The Morgan fingerprint density at radius 2 is 2.12 bits per heavy atom. The molecule has 130 valence electrons. The molecule has 2 aromatic rings. The Balaban J connectivity index is 1.59. The average molecular weight is 341 g/mol. The van der Waals surface area contributed by atoms with Crippen molar-refractivity contribution in [1.82, 2.24) is 24.5 Å². The maximum absolute atomic E-state index is 12.9. The number of nitrogens with zero attached hydrogens (tertiary/aromatic N) is 4. The van der Waals surface area contributed by atoms with E-state index in [0.29, 0.717) is 31.8 Å². The number of aromatic nitrogens is 2. The minimum absolute atomic E-state index is 0.00336. The molecule has 2 saturated heterocycles. The highest BCUT2D eigenvalue weighted by molar-refractivity contribution is 5.94. The summed E-state index contributed by atoms with van der Waals surface area (Å²) in [6.07, 6.45) is 4.63. The third kappa shape index (κ3) is 2.73. The summed E-state index contributed by atoms with van der Waals surface area (Å²) in [5.74, 6) is -0.319. The Kier molecular flexibility index (Phi) is 3.87. The highest BCUT2D eigenvalue weighted by Crippen LogP contribution is 2.19. The zero-order valence-corrected chi connectivity index (χ0v) is 13.7. The normalized spacial score (nSPS) is 20.8. The van der Waals surface area contributed by atoms with Gasteiger partial charge in [0.25, 0.3) is 11.5 Å². The highest BCUT2D eigenvalue weighted by Gasteiger charge is 2.33. The summed E-state index contributed by atoms with van der Waals surface area (Å²) in [5.41, 5.74) is 0.209. The van der Waals surface area contributed by atoms with E-state index >= 15 is 0 Å². The number of amides is 3. The summed E-state index contributed by atoms with van der Waals surface area (Å²) in [6.45, 7) is 2.33. The van der Waals surface area contributed by atoms with E-state index in [4.69, 9.17) is 0 Å². The highest BCUT2D eigenvalue weighted by atomic mass is 16.2. The van der Waals surface area contributed by atoms with E-state index in [2.05, 4.69) is 10.3 Å². The molecule has 1 N–H and O–H groups in total. The van der Waals surface area contributed by atoms with E-state index in [-0.39, 0.29) is 29.1 Å². The molecule has 4 heterocycles. The zero-order valence-electron chi connectivity index (χ0n) is 13.7. The Hall–Kier alpha value is -2.90. The van der Waals surface area contributed by atoms with Gasteiger partial charge in [0, 0.05) is 38.6 Å². The fraction of sp³-hybridized carbons (Fsp3) is 0.412. The third-order valence-electron chi connectivity index (χ3n) is 4.86. The molecule has 0 bridgehead atoms. The number of pyridine rings is 1. The molecule has 1 unspecified atom stereocenters. The van der Waals surface area contributed by atoms with Gasteiger partial charge in [0.1, 0.15) is 11.2 Å².